The number of sulfonamides is 1. The van der Waals surface area contributed by atoms with Crippen molar-refractivity contribution < 1.29 is 39.4 Å². The molecule has 0 heterocycles. The number of fused-ring (bicyclic) bond motifs is 2. The van der Waals surface area contributed by atoms with Crippen molar-refractivity contribution in [3.05, 3.63) is 0 Å². The first kappa shape index (κ1) is 22.4. The van der Waals surface area contributed by atoms with Gasteiger partial charge < -0.3 is 0 Å². The van der Waals surface area contributed by atoms with Crippen molar-refractivity contribution in [2.24, 2.45) is 23.2 Å². The zero-order valence-corrected chi connectivity index (χ0v) is 16.7. The SMILES string of the molecule is CC1CC2CC(C1)CC(C)(C(=O)N(CCS(=O)(=O)O)S(=O)(=O)C(F)(F)F)C2. The molecule has 0 saturated heterocycles. The maximum Gasteiger partial charge on any atom is 0.516 e. The molecule has 2 fully saturated rings. The van der Waals surface area contributed by atoms with E-state index in [9.17, 15) is 34.8 Å². The lowest BCUT2D eigenvalue weighted by molar-refractivity contribution is -0.142. The molecule has 27 heavy (non-hydrogen) atoms. The Morgan fingerprint density at radius 2 is 1.59 bits per heavy atom. The summed E-state index contributed by atoms with van der Waals surface area (Å²) in [6.45, 7) is 2.23. The van der Waals surface area contributed by atoms with Gasteiger partial charge in [-0.15, -0.1) is 0 Å². The smallest absolute Gasteiger partial charge is 0.285 e. The molecular formula is C15H24F3NO6S2. The first-order valence-electron chi connectivity index (χ1n) is 8.64. The van der Waals surface area contributed by atoms with Gasteiger partial charge in [0.2, 0.25) is 5.91 Å². The lowest BCUT2D eigenvalue weighted by Crippen LogP contribution is -2.53. The third-order valence-corrected chi connectivity index (χ3v) is 7.71. The summed E-state index contributed by atoms with van der Waals surface area (Å²) in [7, 11) is -10.8. The molecule has 1 amide bonds. The number of rotatable bonds is 5. The van der Waals surface area contributed by atoms with E-state index in [1.807, 2.05) is 0 Å². The van der Waals surface area contributed by atoms with Crippen molar-refractivity contribution in [3.63, 3.8) is 0 Å². The summed E-state index contributed by atoms with van der Waals surface area (Å²) >= 11 is 0. The zero-order valence-electron chi connectivity index (χ0n) is 15.1. The second-order valence-corrected chi connectivity index (χ2v) is 11.6. The molecule has 0 spiro atoms. The van der Waals surface area contributed by atoms with Crippen molar-refractivity contribution in [1.29, 1.82) is 0 Å². The Hall–Kier alpha value is -0.880. The average molecular weight is 435 g/mol. The Labute approximate surface area is 157 Å². The highest BCUT2D eigenvalue weighted by Crippen LogP contribution is 2.51. The Kier molecular flexibility index (Phi) is 5.96. The number of hydrogen-bond donors (Lipinski definition) is 1. The minimum atomic E-state index is -6.07. The van der Waals surface area contributed by atoms with Crippen LogP contribution in [0.15, 0.2) is 0 Å². The van der Waals surface area contributed by atoms with E-state index in [0.29, 0.717) is 5.92 Å². The average Bonchev–Trinajstić information content (AvgIpc) is 2.42. The number of carbonyl (C=O) groups is 1. The van der Waals surface area contributed by atoms with Crippen LogP contribution in [-0.2, 0) is 24.9 Å². The van der Waals surface area contributed by atoms with Gasteiger partial charge in [0, 0.05) is 5.41 Å². The van der Waals surface area contributed by atoms with Crippen molar-refractivity contribution in [3.8, 4) is 0 Å². The standard InChI is InChI=1S/C15H24F3NO6S2/c1-10-5-11-7-12(6-10)9-14(2,8-11)13(20)19(3-4-26(21,22)23)27(24,25)15(16,17)18/h10-12H,3-9H2,1-2H3,(H,21,22,23). The molecule has 0 radical (unpaired) electrons. The second kappa shape index (κ2) is 7.18. The van der Waals surface area contributed by atoms with Crippen molar-refractivity contribution >= 4 is 26.0 Å². The van der Waals surface area contributed by atoms with E-state index in [0.717, 1.165) is 19.3 Å². The largest absolute Gasteiger partial charge is 0.516 e. The Balaban J connectivity index is 2.35. The predicted molar refractivity (Wildman–Crippen MR) is 90.4 cm³/mol. The molecule has 7 nitrogen and oxygen atoms in total. The lowest BCUT2D eigenvalue weighted by Gasteiger charge is -2.47. The molecule has 0 aromatic rings. The van der Waals surface area contributed by atoms with Crippen molar-refractivity contribution in [1.82, 2.24) is 4.31 Å². The molecule has 0 aliphatic heterocycles. The Morgan fingerprint density at radius 3 is 2.00 bits per heavy atom. The van der Waals surface area contributed by atoms with Crippen LogP contribution in [-0.4, -0.2) is 49.4 Å². The molecule has 0 aromatic heterocycles. The maximum atomic E-state index is 13.0. The molecule has 2 rings (SSSR count). The topological polar surface area (TPSA) is 109 Å². The van der Waals surface area contributed by atoms with E-state index in [-0.39, 0.29) is 24.7 Å². The van der Waals surface area contributed by atoms with Crippen LogP contribution in [0, 0.1) is 23.2 Å². The highest BCUT2D eigenvalue weighted by molar-refractivity contribution is 7.90. The third kappa shape index (κ3) is 4.94. The Bertz CT molecular complexity index is 775. The quantitative estimate of drug-likeness (QED) is 0.665. The van der Waals surface area contributed by atoms with E-state index in [1.165, 1.54) is 6.92 Å². The van der Waals surface area contributed by atoms with E-state index in [2.05, 4.69) is 6.92 Å². The summed E-state index contributed by atoms with van der Waals surface area (Å²) in [5.41, 5.74) is -7.08. The summed E-state index contributed by atoms with van der Waals surface area (Å²) in [5, 5.41) is 0. The van der Waals surface area contributed by atoms with Gasteiger partial charge in [0.05, 0.1) is 12.3 Å². The number of nitrogens with zero attached hydrogens (tertiary/aromatic N) is 1. The third-order valence-electron chi connectivity index (χ3n) is 5.49. The Morgan fingerprint density at radius 1 is 1.11 bits per heavy atom. The first-order valence-corrected chi connectivity index (χ1v) is 11.7. The number of carbonyl (C=O) groups excluding carboxylic acids is 1. The van der Waals surface area contributed by atoms with Crippen LogP contribution in [0.2, 0.25) is 0 Å². The van der Waals surface area contributed by atoms with Gasteiger partial charge in [-0.05, 0) is 49.9 Å². The molecule has 2 saturated carbocycles. The normalized spacial score (nSPS) is 32.1. The highest BCUT2D eigenvalue weighted by atomic mass is 32.2. The molecule has 12 heteroatoms. The predicted octanol–water partition coefficient (Wildman–Crippen LogP) is 2.40. The van der Waals surface area contributed by atoms with Crippen molar-refractivity contribution in [2.45, 2.75) is 51.5 Å². The van der Waals surface area contributed by atoms with E-state index in [4.69, 9.17) is 4.55 Å². The van der Waals surface area contributed by atoms with Crippen LogP contribution >= 0.6 is 0 Å². The molecule has 2 bridgehead atoms. The van der Waals surface area contributed by atoms with Crippen molar-refractivity contribution in [2.75, 3.05) is 12.3 Å². The second-order valence-electron chi connectivity index (χ2n) is 8.13. The summed E-state index contributed by atoms with van der Waals surface area (Å²) < 4.78 is 93.2. The minimum absolute atomic E-state index is 0.110. The van der Waals surface area contributed by atoms with Crippen LogP contribution in [0.1, 0.15) is 46.0 Å². The fraction of sp³-hybridized carbons (Fsp3) is 0.933. The van der Waals surface area contributed by atoms with E-state index >= 15 is 0 Å². The highest BCUT2D eigenvalue weighted by Gasteiger charge is 2.56. The fourth-order valence-corrected chi connectivity index (χ4v) is 6.27. The molecule has 2 unspecified atom stereocenters. The number of hydrogen-bond acceptors (Lipinski definition) is 5. The van der Waals surface area contributed by atoms with Gasteiger partial charge in [0.15, 0.2) is 0 Å². The summed E-state index contributed by atoms with van der Waals surface area (Å²) in [4.78, 5) is 12.9. The van der Waals surface area contributed by atoms with E-state index in [1.54, 1.807) is 0 Å². The molecular weight excluding hydrogens is 411 g/mol. The molecule has 2 aliphatic rings. The van der Waals surface area contributed by atoms with Gasteiger partial charge in [-0.1, -0.05) is 13.8 Å². The molecule has 2 atom stereocenters. The summed E-state index contributed by atoms with van der Waals surface area (Å²) in [5.74, 6) is -1.90. The van der Waals surface area contributed by atoms with Crippen LogP contribution in [0.4, 0.5) is 13.2 Å². The molecule has 158 valence electrons. The van der Waals surface area contributed by atoms with Gasteiger partial charge in [-0.3, -0.25) is 9.35 Å². The molecule has 1 N–H and O–H groups in total. The van der Waals surface area contributed by atoms with Gasteiger partial charge in [0.1, 0.15) is 0 Å². The van der Waals surface area contributed by atoms with Crippen LogP contribution < -0.4 is 0 Å². The number of alkyl halides is 3. The van der Waals surface area contributed by atoms with Gasteiger partial charge in [0.25, 0.3) is 10.1 Å². The summed E-state index contributed by atoms with van der Waals surface area (Å²) in [6.07, 6.45) is 2.99. The number of halogens is 3. The van der Waals surface area contributed by atoms with Crippen LogP contribution in [0.3, 0.4) is 0 Å². The van der Waals surface area contributed by atoms with E-state index < -0.39 is 53.6 Å². The summed E-state index contributed by atoms with van der Waals surface area (Å²) in [6, 6.07) is 0. The monoisotopic (exact) mass is 435 g/mol. The van der Waals surface area contributed by atoms with Crippen LogP contribution in [0.5, 0.6) is 0 Å². The minimum Gasteiger partial charge on any atom is -0.285 e. The molecule has 0 aromatic carbocycles. The molecule has 2 aliphatic carbocycles. The fourth-order valence-electron chi connectivity index (χ4n) is 4.72. The van der Waals surface area contributed by atoms with Gasteiger partial charge >= 0.3 is 15.5 Å². The first-order chi connectivity index (χ1) is 12.1. The number of amides is 1. The lowest BCUT2D eigenvalue weighted by atomic mass is 9.59. The van der Waals surface area contributed by atoms with Gasteiger partial charge in [-0.2, -0.15) is 30.0 Å². The van der Waals surface area contributed by atoms with Crippen LogP contribution in [0.25, 0.3) is 0 Å². The maximum absolute atomic E-state index is 13.0. The van der Waals surface area contributed by atoms with Gasteiger partial charge in [-0.25, -0.2) is 4.31 Å². The zero-order chi connectivity index (χ0) is 20.8.